The van der Waals surface area contributed by atoms with E-state index in [1.165, 1.54) is 29.0 Å². The van der Waals surface area contributed by atoms with Crippen molar-refractivity contribution in [2.45, 2.75) is 129 Å². The number of aromatic nitrogens is 2. The summed E-state index contributed by atoms with van der Waals surface area (Å²) in [6.45, 7) is 15.2. The van der Waals surface area contributed by atoms with E-state index in [2.05, 4.69) is 47.0 Å². The number of ether oxygens (including phenoxy) is 1. The Labute approximate surface area is 341 Å². The second-order valence-corrected chi connectivity index (χ2v) is 18.3. The van der Waals surface area contributed by atoms with Gasteiger partial charge in [0.25, 0.3) is 5.56 Å². The van der Waals surface area contributed by atoms with Gasteiger partial charge in [-0.3, -0.25) is 14.2 Å². The number of anilines is 2. The summed E-state index contributed by atoms with van der Waals surface area (Å²) in [5.74, 6) is -0.844. The third-order valence-electron chi connectivity index (χ3n) is 12.7. The van der Waals surface area contributed by atoms with Crippen LogP contribution in [0.2, 0.25) is 0 Å². The van der Waals surface area contributed by atoms with Gasteiger partial charge < -0.3 is 35.3 Å². The van der Waals surface area contributed by atoms with E-state index in [1.807, 2.05) is 6.92 Å². The standard InChI is InChI=1S/C42H52BF3N6O7/c1-9-32(43-58-31-19-25-18-30(39(25,5)6)41(31,8)59-43)50-33(53)29-20-40(7,51-37(56)49-27-16-11-10-15-26(27)35(55)57-38(2,3)4)36-48-22-28(34(54)52(29)36)47-21-23-13-12-14-24(17-23)42(44,45)46/h10-17,22,25,29-32,47H,9,18-21H2,1-8H3,(H,50,53)(H2,49,51,56)/t25-,29-,30-,31+,32-,40+,41-/m0/s1. The van der Waals surface area contributed by atoms with Gasteiger partial charge in [-0.2, -0.15) is 13.2 Å². The zero-order chi connectivity index (χ0) is 42.9. The molecule has 0 radical (unpaired) electrons. The van der Waals surface area contributed by atoms with Crippen molar-refractivity contribution in [1.82, 2.24) is 20.2 Å². The number of carbonyl (C=O) groups is 3. The van der Waals surface area contributed by atoms with Crippen molar-refractivity contribution in [1.29, 1.82) is 0 Å². The average Bonchev–Trinajstić information content (AvgIpc) is 3.66. The van der Waals surface area contributed by atoms with E-state index in [4.69, 9.17) is 14.0 Å². The number of nitrogens with zero attached hydrogens (tertiary/aromatic N) is 2. The number of carbonyl (C=O) groups excluding carboxylic acids is 3. The third kappa shape index (κ3) is 7.95. The number of alkyl halides is 3. The van der Waals surface area contributed by atoms with Gasteiger partial charge in [0.15, 0.2) is 0 Å². The van der Waals surface area contributed by atoms with Gasteiger partial charge in [0.1, 0.15) is 23.2 Å². The van der Waals surface area contributed by atoms with Crippen LogP contribution in [-0.4, -0.2) is 57.8 Å². The van der Waals surface area contributed by atoms with Gasteiger partial charge in [-0.05, 0) is 101 Å². The molecule has 0 unspecified atom stereocenters. The maximum Gasteiger partial charge on any atom is 0.481 e. The normalized spacial score (nSPS) is 27.1. The number of para-hydroxylation sites is 1. The maximum absolute atomic E-state index is 14.5. The molecular weight excluding hydrogens is 768 g/mol. The van der Waals surface area contributed by atoms with Crippen molar-refractivity contribution in [2.24, 2.45) is 17.3 Å². The van der Waals surface area contributed by atoms with Gasteiger partial charge in [0, 0.05) is 13.0 Å². The summed E-state index contributed by atoms with van der Waals surface area (Å²) in [6.07, 6.45) is -1.15. The Morgan fingerprint density at radius 2 is 1.76 bits per heavy atom. The number of hydrogen-bond acceptors (Lipinski definition) is 9. The molecule has 8 rings (SSSR count). The Balaban J connectivity index is 1.15. The molecule has 4 N–H and O–H groups in total. The van der Waals surface area contributed by atoms with E-state index in [1.54, 1.807) is 45.9 Å². The lowest BCUT2D eigenvalue weighted by Gasteiger charge is -2.64. The van der Waals surface area contributed by atoms with Gasteiger partial charge in [0.05, 0.1) is 46.2 Å². The minimum absolute atomic E-state index is 0.0583. The molecule has 3 amide bonds. The Morgan fingerprint density at radius 1 is 1.03 bits per heavy atom. The number of fused-ring (bicyclic) bond motifs is 1. The number of amides is 3. The minimum Gasteiger partial charge on any atom is -0.456 e. The lowest BCUT2D eigenvalue weighted by atomic mass is 9.43. The molecule has 2 bridgehead atoms. The lowest BCUT2D eigenvalue weighted by Crippen LogP contribution is -2.65. The fourth-order valence-corrected chi connectivity index (χ4v) is 9.45. The first-order chi connectivity index (χ1) is 27.5. The first-order valence-corrected chi connectivity index (χ1v) is 20.1. The van der Waals surface area contributed by atoms with Crippen LogP contribution in [0.4, 0.5) is 29.3 Å². The van der Waals surface area contributed by atoms with Crippen LogP contribution in [0, 0.1) is 17.3 Å². The summed E-state index contributed by atoms with van der Waals surface area (Å²) in [7, 11) is -0.731. The number of urea groups is 1. The zero-order valence-corrected chi connectivity index (χ0v) is 34.6. The van der Waals surface area contributed by atoms with Gasteiger partial charge in [-0.15, -0.1) is 0 Å². The molecule has 0 spiro atoms. The number of esters is 1. The summed E-state index contributed by atoms with van der Waals surface area (Å²) in [6, 6.07) is 9.15. The highest BCUT2D eigenvalue weighted by atomic mass is 19.4. The molecule has 3 heterocycles. The van der Waals surface area contributed by atoms with E-state index in [0.29, 0.717) is 18.3 Å². The molecule has 3 aliphatic carbocycles. The molecule has 5 aliphatic rings. The zero-order valence-electron chi connectivity index (χ0n) is 34.6. The minimum atomic E-state index is -4.55. The van der Waals surface area contributed by atoms with Crippen LogP contribution in [0.3, 0.4) is 0 Å². The molecule has 3 saturated carbocycles. The lowest BCUT2D eigenvalue weighted by molar-refractivity contribution is -0.199. The largest absolute Gasteiger partial charge is 0.481 e. The molecule has 2 aromatic carbocycles. The highest BCUT2D eigenvalue weighted by molar-refractivity contribution is 6.47. The Kier molecular flexibility index (Phi) is 10.7. The molecule has 1 aromatic heterocycles. The van der Waals surface area contributed by atoms with Crippen LogP contribution in [-0.2, 0) is 37.1 Å². The topological polar surface area (TPSA) is 162 Å². The molecule has 1 saturated heterocycles. The van der Waals surface area contributed by atoms with Crippen LogP contribution in [0.1, 0.15) is 114 Å². The van der Waals surface area contributed by atoms with Crippen LogP contribution in [0.25, 0.3) is 0 Å². The summed E-state index contributed by atoms with van der Waals surface area (Å²) in [5, 5.41) is 11.6. The van der Waals surface area contributed by atoms with Crippen molar-refractivity contribution in [3.05, 3.63) is 87.6 Å². The fraction of sp³-hybridized carbons (Fsp3) is 0.548. The monoisotopic (exact) mass is 820 g/mol. The van der Waals surface area contributed by atoms with Crippen molar-refractivity contribution >= 4 is 36.4 Å². The van der Waals surface area contributed by atoms with Crippen LogP contribution in [0.5, 0.6) is 0 Å². The van der Waals surface area contributed by atoms with E-state index < -0.39 is 71.0 Å². The quantitative estimate of drug-likeness (QED) is 0.125. The highest BCUT2D eigenvalue weighted by Gasteiger charge is 2.68. The number of benzene rings is 2. The second kappa shape index (κ2) is 15.0. The van der Waals surface area contributed by atoms with Crippen LogP contribution in [0.15, 0.2) is 59.5 Å². The Bertz CT molecular complexity index is 2210. The summed E-state index contributed by atoms with van der Waals surface area (Å²) < 4.78 is 60.2. The summed E-state index contributed by atoms with van der Waals surface area (Å²) in [5.41, 5.74) is -3.58. The first-order valence-electron chi connectivity index (χ1n) is 20.1. The molecule has 59 heavy (non-hydrogen) atoms. The molecule has 316 valence electrons. The van der Waals surface area contributed by atoms with Crippen molar-refractivity contribution < 1.29 is 41.6 Å². The number of rotatable bonds is 10. The van der Waals surface area contributed by atoms with E-state index in [0.717, 1.165) is 25.0 Å². The number of nitrogens with one attached hydrogen (secondary N) is 4. The molecular formula is C42H52BF3N6O7. The van der Waals surface area contributed by atoms with E-state index >= 15 is 0 Å². The summed E-state index contributed by atoms with van der Waals surface area (Å²) in [4.78, 5) is 60.1. The Morgan fingerprint density at radius 3 is 2.44 bits per heavy atom. The smallest absolute Gasteiger partial charge is 0.456 e. The second-order valence-electron chi connectivity index (χ2n) is 18.3. The third-order valence-corrected chi connectivity index (χ3v) is 12.7. The molecule has 3 aromatic rings. The van der Waals surface area contributed by atoms with Crippen molar-refractivity contribution in [3.63, 3.8) is 0 Å². The van der Waals surface area contributed by atoms with Crippen molar-refractivity contribution in [2.75, 3.05) is 10.6 Å². The molecule has 17 heteroatoms. The van der Waals surface area contributed by atoms with Crippen molar-refractivity contribution in [3.8, 4) is 0 Å². The van der Waals surface area contributed by atoms with Gasteiger partial charge >= 0.3 is 25.3 Å². The predicted octanol–water partition coefficient (Wildman–Crippen LogP) is 6.97. The molecule has 13 nitrogen and oxygen atoms in total. The molecule has 7 atom stereocenters. The number of hydrogen-bond donors (Lipinski definition) is 4. The highest BCUT2D eigenvalue weighted by Crippen LogP contribution is 2.65. The maximum atomic E-state index is 14.5. The fourth-order valence-electron chi connectivity index (χ4n) is 9.45. The molecule has 2 aliphatic heterocycles. The van der Waals surface area contributed by atoms with Crippen LogP contribution < -0.4 is 26.8 Å². The average molecular weight is 821 g/mol. The predicted molar refractivity (Wildman–Crippen MR) is 214 cm³/mol. The van der Waals surface area contributed by atoms with Crippen LogP contribution >= 0.6 is 0 Å². The first kappa shape index (κ1) is 42.2. The van der Waals surface area contributed by atoms with E-state index in [-0.39, 0.29) is 52.8 Å². The van der Waals surface area contributed by atoms with Gasteiger partial charge in [-0.25, -0.2) is 14.6 Å². The Hall–Kier alpha value is -4.90. The van der Waals surface area contributed by atoms with E-state index in [9.17, 15) is 32.3 Å². The molecule has 4 fully saturated rings. The SMILES string of the molecule is CC[C@H](NC(=O)[C@@H]1C[C@@](C)(NC(=O)Nc2ccccc2C(=O)OC(C)(C)C)c2ncc(NCc3cccc(C(F)(F)F)c3)c(=O)n21)B1O[C@@H]2C[C@@H]3C[C@@H](C3(C)C)[C@]2(C)O1. The van der Waals surface area contributed by atoms with Gasteiger partial charge in [0.2, 0.25) is 5.91 Å². The number of halogens is 3. The van der Waals surface area contributed by atoms with Gasteiger partial charge in [-0.1, -0.05) is 45.0 Å². The summed E-state index contributed by atoms with van der Waals surface area (Å²) >= 11 is 0.